The second-order valence-corrected chi connectivity index (χ2v) is 6.19. The molecular weight excluding hydrogens is 437 g/mol. The summed E-state index contributed by atoms with van der Waals surface area (Å²) in [7, 11) is 2.00. The van der Waals surface area contributed by atoms with Crippen LogP contribution in [0.3, 0.4) is 0 Å². The van der Waals surface area contributed by atoms with Gasteiger partial charge < -0.3 is 11.1 Å². The van der Waals surface area contributed by atoms with Gasteiger partial charge in [0.05, 0.1) is 12.2 Å². The molecule has 0 saturated heterocycles. The van der Waals surface area contributed by atoms with Crippen LogP contribution in [0.25, 0.3) is 0 Å². The highest BCUT2D eigenvalue weighted by Gasteiger charge is 2.13. The summed E-state index contributed by atoms with van der Waals surface area (Å²) < 4.78 is 1.97. The van der Waals surface area contributed by atoms with Crippen LogP contribution in [0.15, 0.2) is 23.2 Å². The molecule has 0 aliphatic rings. The van der Waals surface area contributed by atoms with Crippen LogP contribution < -0.4 is 11.1 Å². The molecule has 0 fully saturated rings. The van der Waals surface area contributed by atoms with E-state index in [1.807, 2.05) is 11.7 Å². The second-order valence-electron chi connectivity index (χ2n) is 6.19. The number of aliphatic imine (C=N–C) groups is 1. The highest BCUT2D eigenvalue weighted by atomic mass is 127. The number of aromatic nitrogens is 2. The lowest BCUT2D eigenvalue weighted by molar-refractivity contribution is 0.703. The van der Waals surface area contributed by atoms with E-state index >= 15 is 0 Å². The zero-order chi connectivity index (χ0) is 18.4. The minimum Gasteiger partial charge on any atom is -0.370 e. The van der Waals surface area contributed by atoms with E-state index in [4.69, 9.17) is 5.73 Å². The van der Waals surface area contributed by atoms with E-state index in [0.717, 1.165) is 37.1 Å². The molecule has 0 aliphatic carbocycles. The average Bonchev–Trinajstić information content (AvgIpc) is 2.94. The van der Waals surface area contributed by atoms with Gasteiger partial charge in [-0.15, -0.1) is 24.0 Å². The molecule has 0 saturated carbocycles. The van der Waals surface area contributed by atoms with E-state index in [0.29, 0.717) is 12.5 Å². The molecule has 3 N–H and O–H groups in total. The molecule has 144 valence electrons. The first-order valence-corrected chi connectivity index (χ1v) is 9.26. The number of anilines is 1. The molecule has 1 heterocycles. The molecule has 0 radical (unpaired) electrons. The van der Waals surface area contributed by atoms with Gasteiger partial charge in [-0.2, -0.15) is 5.10 Å². The third-order valence-corrected chi connectivity index (χ3v) is 4.69. The van der Waals surface area contributed by atoms with E-state index in [9.17, 15) is 0 Å². The van der Waals surface area contributed by atoms with Crippen molar-refractivity contribution in [3.63, 3.8) is 0 Å². The van der Waals surface area contributed by atoms with E-state index in [1.54, 1.807) is 0 Å². The van der Waals surface area contributed by atoms with Gasteiger partial charge >= 0.3 is 0 Å². The number of hydrogen-bond acceptors (Lipinski definition) is 2. The minimum atomic E-state index is 0. The predicted octanol–water partition coefficient (Wildman–Crippen LogP) is 4.21. The number of nitrogens with two attached hydrogens (primary N) is 1. The Bertz CT molecular complexity index is 727. The number of hydrogen-bond donors (Lipinski definition) is 2. The smallest absolute Gasteiger partial charge is 0.193 e. The second kappa shape index (κ2) is 10.5. The lowest BCUT2D eigenvalue weighted by atomic mass is 10.0. The number of para-hydroxylation sites is 1. The Balaban J connectivity index is 0.00000338. The van der Waals surface area contributed by atoms with Gasteiger partial charge in [0.15, 0.2) is 5.96 Å². The molecule has 0 spiro atoms. The molecule has 6 heteroatoms. The summed E-state index contributed by atoms with van der Waals surface area (Å²) in [5.41, 5.74) is 13.4. The number of halogens is 1. The van der Waals surface area contributed by atoms with Crippen molar-refractivity contribution in [3.05, 3.63) is 46.3 Å². The van der Waals surface area contributed by atoms with Crippen LogP contribution in [0, 0.1) is 0 Å². The normalized spacial score (nSPS) is 11.3. The molecule has 0 atom stereocenters. The van der Waals surface area contributed by atoms with Crippen LogP contribution in [0.2, 0.25) is 0 Å². The third kappa shape index (κ3) is 4.99. The molecular formula is C20H32IN5. The van der Waals surface area contributed by atoms with Crippen LogP contribution in [0.1, 0.15) is 55.8 Å². The van der Waals surface area contributed by atoms with Crippen molar-refractivity contribution in [2.75, 3.05) is 5.32 Å². The van der Waals surface area contributed by atoms with E-state index in [2.05, 4.69) is 61.3 Å². The van der Waals surface area contributed by atoms with Crippen molar-refractivity contribution in [2.24, 2.45) is 17.8 Å². The first kappa shape index (κ1) is 22.5. The maximum Gasteiger partial charge on any atom is 0.193 e. The quantitative estimate of drug-likeness (QED) is 0.363. The summed E-state index contributed by atoms with van der Waals surface area (Å²) in [5, 5.41) is 7.94. The maximum absolute atomic E-state index is 6.20. The van der Waals surface area contributed by atoms with Crippen molar-refractivity contribution in [3.8, 4) is 0 Å². The van der Waals surface area contributed by atoms with E-state index < -0.39 is 0 Å². The summed E-state index contributed by atoms with van der Waals surface area (Å²) in [4.78, 5) is 4.60. The van der Waals surface area contributed by atoms with Crippen LogP contribution in [0.5, 0.6) is 0 Å². The lowest BCUT2D eigenvalue weighted by Crippen LogP contribution is -2.24. The van der Waals surface area contributed by atoms with Crippen molar-refractivity contribution in [1.82, 2.24) is 9.78 Å². The first-order chi connectivity index (χ1) is 12.0. The molecule has 0 aliphatic heterocycles. The van der Waals surface area contributed by atoms with E-state index in [1.165, 1.54) is 22.4 Å². The first-order valence-electron chi connectivity index (χ1n) is 9.26. The number of aryl methyl sites for hydroxylation is 4. The monoisotopic (exact) mass is 469 g/mol. The fourth-order valence-corrected chi connectivity index (χ4v) is 3.31. The van der Waals surface area contributed by atoms with Crippen molar-refractivity contribution in [1.29, 1.82) is 0 Å². The Morgan fingerprint density at radius 2 is 1.69 bits per heavy atom. The lowest BCUT2D eigenvalue weighted by Gasteiger charge is -2.15. The van der Waals surface area contributed by atoms with Crippen molar-refractivity contribution >= 4 is 35.6 Å². The van der Waals surface area contributed by atoms with Crippen LogP contribution in [0.4, 0.5) is 5.69 Å². The Labute approximate surface area is 174 Å². The van der Waals surface area contributed by atoms with Gasteiger partial charge in [0, 0.05) is 24.0 Å². The SMILES string of the molecule is CCc1cccc(CC)c1NC(N)=NCc1c(CC)nn(C)c1CC.I. The highest BCUT2D eigenvalue weighted by Crippen LogP contribution is 2.22. The topological polar surface area (TPSA) is 68.2 Å². The van der Waals surface area contributed by atoms with Gasteiger partial charge in [0.1, 0.15) is 0 Å². The molecule has 5 nitrogen and oxygen atoms in total. The summed E-state index contributed by atoms with van der Waals surface area (Å²) in [5.74, 6) is 0.462. The maximum atomic E-state index is 6.20. The van der Waals surface area contributed by atoms with E-state index in [-0.39, 0.29) is 24.0 Å². The highest BCUT2D eigenvalue weighted by molar-refractivity contribution is 14.0. The van der Waals surface area contributed by atoms with Crippen molar-refractivity contribution < 1.29 is 0 Å². The average molecular weight is 469 g/mol. The molecule has 0 amide bonds. The Morgan fingerprint density at radius 1 is 1.08 bits per heavy atom. The molecule has 2 aromatic rings. The standard InChI is InChI=1S/C20H31N5.HI/c1-6-14-11-10-12-15(7-2)19(14)23-20(21)22-13-16-17(8-3)24-25(5)18(16)9-4;/h10-12H,6-9,13H2,1-5H3,(H3,21,22,23);1H. The molecule has 26 heavy (non-hydrogen) atoms. The van der Waals surface area contributed by atoms with Crippen LogP contribution in [-0.2, 0) is 39.3 Å². The number of guanidine groups is 1. The van der Waals surface area contributed by atoms with Gasteiger partial charge in [-0.1, -0.05) is 45.9 Å². The number of benzene rings is 1. The minimum absolute atomic E-state index is 0. The Kier molecular flexibility index (Phi) is 9.12. The molecule has 0 bridgehead atoms. The summed E-state index contributed by atoms with van der Waals surface area (Å²) >= 11 is 0. The van der Waals surface area contributed by atoms with Gasteiger partial charge in [-0.05, 0) is 36.8 Å². The zero-order valence-corrected chi connectivity index (χ0v) is 18.9. The molecule has 1 aromatic heterocycles. The molecule has 1 aromatic carbocycles. The number of nitrogens with one attached hydrogen (secondary N) is 1. The molecule has 0 unspecified atom stereocenters. The van der Waals surface area contributed by atoms with Gasteiger partial charge in [0.25, 0.3) is 0 Å². The summed E-state index contributed by atoms with van der Waals surface area (Å²) in [6.45, 7) is 9.15. The third-order valence-electron chi connectivity index (χ3n) is 4.69. The fraction of sp³-hybridized carbons (Fsp3) is 0.500. The van der Waals surface area contributed by atoms with Crippen LogP contribution in [-0.4, -0.2) is 15.7 Å². The van der Waals surface area contributed by atoms with Crippen LogP contribution >= 0.6 is 24.0 Å². The Morgan fingerprint density at radius 3 is 2.19 bits per heavy atom. The fourth-order valence-electron chi connectivity index (χ4n) is 3.31. The van der Waals surface area contributed by atoms with Crippen molar-refractivity contribution in [2.45, 2.75) is 59.9 Å². The molecule has 2 rings (SSSR count). The van der Waals surface area contributed by atoms with Gasteiger partial charge in [0.2, 0.25) is 0 Å². The predicted molar refractivity (Wildman–Crippen MR) is 122 cm³/mol. The Hall–Kier alpha value is -1.57. The summed E-state index contributed by atoms with van der Waals surface area (Å²) in [6, 6.07) is 6.38. The van der Waals surface area contributed by atoms with Gasteiger partial charge in [-0.3, -0.25) is 4.68 Å². The van der Waals surface area contributed by atoms with Gasteiger partial charge in [-0.25, -0.2) is 4.99 Å². The largest absolute Gasteiger partial charge is 0.370 e. The summed E-state index contributed by atoms with van der Waals surface area (Å²) in [6.07, 6.45) is 3.78. The number of nitrogens with zero attached hydrogens (tertiary/aromatic N) is 3. The number of rotatable bonds is 7. The zero-order valence-electron chi connectivity index (χ0n) is 16.6.